The normalized spacial score (nSPS) is 39.7. The van der Waals surface area contributed by atoms with E-state index in [0.717, 1.165) is 32.1 Å². The van der Waals surface area contributed by atoms with Crippen LogP contribution in [-0.2, 0) is 9.59 Å². The summed E-state index contributed by atoms with van der Waals surface area (Å²) in [6, 6.07) is 0. The molecule has 0 saturated heterocycles. The van der Waals surface area contributed by atoms with E-state index < -0.39 is 11.9 Å². The number of carboxylic acids is 2. The molecule has 190 valence electrons. The molecule has 0 spiro atoms. The molecule has 3 aliphatic rings. The summed E-state index contributed by atoms with van der Waals surface area (Å²) in [5.74, 6) is 0.465. The number of aliphatic carboxylic acids is 2. The van der Waals surface area contributed by atoms with Crippen LogP contribution in [0.4, 0.5) is 0 Å². The van der Waals surface area contributed by atoms with Gasteiger partial charge in [-0.2, -0.15) is 0 Å². The van der Waals surface area contributed by atoms with Crippen LogP contribution in [0.25, 0.3) is 0 Å². The van der Waals surface area contributed by atoms with Gasteiger partial charge in [0.1, 0.15) is 0 Å². The van der Waals surface area contributed by atoms with Gasteiger partial charge in [0.15, 0.2) is 0 Å². The molecule has 0 heterocycles. The third kappa shape index (κ3) is 4.42. The Bertz CT molecular complexity index is 884. The molecular formula is C30H46O4. The van der Waals surface area contributed by atoms with Crippen LogP contribution in [0.15, 0.2) is 36.0 Å². The molecule has 0 amide bonds. The summed E-state index contributed by atoms with van der Waals surface area (Å²) in [7, 11) is 0. The van der Waals surface area contributed by atoms with Crippen molar-refractivity contribution in [3.05, 3.63) is 36.0 Å². The lowest BCUT2D eigenvalue weighted by Gasteiger charge is -2.66. The molecule has 0 aromatic heterocycles. The average Bonchev–Trinajstić information content (AvgIpc) is 3.10. The highest BCUT2D eigenvalue weighted by Gasteiger charge is 2.65. The minimum atomic E-state index is -0.846. The van der Waals surface area contributed by atoms with Crippen molar-refractivity contribution in [2.75, 3.05) is 0 Å². The van der Waals surface area contributed by atoms with E-state index in [0.29, 0.717) is 29.2 Å². The van der Waals surface area contributed by atoms with Gasteiger partial charge in [0.2, 0.25) is 0 Å². The van der Waals surface area contributed by atoms with Crippen molar-refractivity contribution >= 4 is 11.9 Å². The van der Waals surface area contributed by atoms with E-state index >= 15 is 0 Å². The van der Waals surface area contributed by atoms with Crippen molar-refractivity contribution in [3.8, 4) is 0 Å². The highest BCUT2D eigenvalue weighted by molar-refractivity contribution is 5.85. The first-order valence-electron chi connectivity index (χ1n) is 13.2. The highest BCUT2D eigenvalue weighted by Crippen LogP contribution is 2.73. The van der Waals surface area contributed by atoms with Gasteiger partial charge in [-0.1, -0.05) is 51.2 Å². The van der Waals surface area contributed by atoms with Crippen LogP contribution in [0.5, 0.6) is 0 Å². The number of allylic oxidation sites excluding steroid dienone is 3. The van der Waals surface area contributed by atoms with E-state index in [2.05, 4.69) is 40.9 Å². The molecular weight excluding hydrogens is 424 g/mol. The lowest BCUT2D eigenvalue weighted by molar-refractivity contribution is -0.169. The monoisotopic (exact) mass is 470 g/mol. The van der Waals surface area contributed by atoms with Gasteiger partial charge in [-0.05, 0) is 112 Å². The summed E-state index contributed by atoms with van der Waals surface area (Å²) in [6.45, 7) is 20.0. The Hall–Kier alpha value is -1.84. The molecule has 3 rings (SSSR count). The number of fused-ring (bicyclic) bond motifs is 3. The average molecular weight is 471 g/mol. The van der Waals surface area contributed by atoms with Gasteiger partial charge in [0.25, 0.3) is 0 Å². The Balaban J connectivity index is 1.84. The van der Waals surface area contributed by atoms with E-state index in [1.54, 1.807) is 6.92 Å². The minimum absolute atomic E-state index is 0.0283. The SMILES string of the molecule is C=C(CC/C=C(\C)C(=O)O)[C@H]1CC[C@]2(C)[C@@H]1CC[C@@H]1[C@@](C)(CCC(=O)O)[C@H](C(=C)C)CC[C@]12C. The maximum Gasteiger partial charge on any atom is 0.330 e. The number of hydrogen-bond donors (Lipinski definition) is 2. The standard InChI is InChI=1S/C30H46O4/c1-19(2)23-14-18-30(7)25(28(23,5)16-15-26(31)32)12-11-24-22(13-17-29(24,30)6)20(3)9-8-10-21(4)27(33)34/h10,22-25H,1,3,8-9,11-18H2,2,4-7H3,(H,31,32)(H,33,34)/b21-10+/t22-,23+,24-,25-,28+,29-,30-/m1/s1. The number of carbonyl (C=O) groups is 2. The topological polar surface area (TPSA) is 74.6 Å². The van der Waals surface area contributed by atoms with Crippen LogP contribution in [0, 0.1) is 39.9 Å². The van der Waals surface area contributed by atoms with Crippen molar-refractivity contribution in [3.63, 3.8) is 0 Å². The van der Waals surface area contributed by atoms with E-state index in [-0.39, 0.29) is 22.7 Å². The lowest BCUT2D eigenvalue weighted by atomic mass is 9.38. The second kappa shape index (κ2) is 9.66. The van der Waals surface area contributed by atoms with Gasteiger partial charge in [-0.25, -0.2) is 4.79 Å². The molecule has 0 bridgehead atoms. The molecule has 4 nitrogen and oxygen atoms in total. The molecule has 0 aromatic carbocycles. The van der Waals surface area contributed by atoms with Crippen molar-refractivity contribution in [1.29, 1.82) is 0 Å². The Labute approximate surface area is 206 Å². The molecule has 0 radical (unpaired) electrons. The van der Waals surface area contributed by atoms with Crippen molar-refractivity contribution in [1.82, 2.24) is 0 Å². The van der Waals surface area contributed by atoms with Gasteiger partial charge in [0.05, 0.1) is 0 Å². The molecule has 0 unspecified atom stereocenters. The summed E-state index contributed by atoms with van der Waals surface area (Å²) in [6.07, 6.45) is 11.4. The molecule has 0 aliphatic heterocycles. The van der Waals surface area contributed by atoms with E-state index in [1.165, 1.54) is 36.8 Å². The van der Waals surface area contributed by atoms with Crippen LogP contribution in [0.2, 0.25) is 0 Å². The third-order valence-corrected chi connectivity index (χ3v) is 10.9. The van der Waals surface area contributed by atoms with E-state index in [4.69, 9.17) is 5.11 Å². The van der Waals surface area contributed by atoms with Crippen LogP contribution in [0.3, 0.4) is 0 Å². The number of carboxylic acid groups (broad SMARTS) is 2. The van der Waals surface area contributed by atoms with Crippen LogP contribution < -0.4 is 0 Å². The minimum Gasteiger partial charge on any atom is -0.481 e. The first kappa shape index (κ1) is 26.8. The molecule has 3 saturated carbocycles. The number of hydrogen-bond acceptors (Lipinski definition) is 2. The molecule has 34 heavy (non-hydrogen) atoms. The third-order valence-electron chi connectivity index (χ3n) is 10.9. The van der Waals surface area contributed by atoms with E-state index in [9.17, 15) is 14.7 Å². The Morgan fingerprint density at radius 2 is 1.59 bits per heavy atom. The predicted molar refractivity (Wildman–Crippen MR) is 137 cm³/mol. The van der Waals surface area contributed by atoms with Gasteiger partial charge in [0, 0.05) is 12.0 Å². The molecule has 7 atom stereocenters. The lowest BCUT2D eigenvalue weighted by Crippen LogP contribution is -2.59. The first-order valence-corrected chi connectivity index (χ1v) is 13.2. The van der Waals surface area contributed by atoms with Crippen LogP contribution >= 0.6 is 0 Å². The van der Waals surface area contributed by atoms with Gasteiger partial charge >= 0.3 is 11.9 Å². The summed E-state index contributed by atoms with van der Waals surface area (Å²) in [5.41, 5.74) is 3.29. The quantitative estimate of drug-likeness (QED) is 0.268. The zero-order valence-electron chi connectivity index (χ0n) is 22.1. The zero-order valence-corrected chi connectivity index (χ0v) is 22.1. The van der Waals surface area contributed by atoms with Gasteiger partial charge in [-0.15, -0.1) is 0 Å². The Morgan fingerprint density at radius 3 is 2.18 bits per heavy atom. The maximum absolute atomic E-state index is 11.6. The molecule has 2 N–H and O–H groups in total. The summed E-state index contributed by atoms with van der Waals surface area (Å²) in [5, 5.41) is 18.6. The largest absolute Gasteiger partial charge is 0.481 e. The van der Waals surface area contributed by atoms with Crippen molar-refractivity contribution in [2.45, 2.75) is 98.8 Å². The van der Waals surface area contributed by atoms with Crippen LogP contribution in [-0.4, -0.2) is 22.2 Å². The number of rotatable bonds is 9. The summed E-state index contributed by atoms with van der Waals surface area (Å²) in [4.78, 5) is 22.7. The maximum atomic E-state index is 11.6. The smallest absolute Gasteiger partial charge is 0.330 e. The fourth-order valence-electron chi connectivity index (χ4n) is 8.88. The highest BCUT2D eigenvalue weighted by atomic mass is 16.4. The van der Waals surface area contributed by atoms with Crippen molar-refractivity contribution in [2.24, 2.45) is 39.9 Å². The Morgan fingerprint density at radius 1 is 0.941 bits per heavy atom. The summed E-state index contributed by atoms with van der Waals surface area (Å²) < 4.78 is 0. The van der Waals surface area contributed by atoms with Gasteiger partial charge in [-0.3, -0.25) is 4.79 Å². The molecule has 3 fully saturated rings. The van der Waals surface area contributed by atoms with Crippen LogP contribution in [0.1, 0.15) is 98.8 Å². The second-order valence-corrected chi connectivity index (χ2v) is 12.4. The fourth-order valence-corrected chi connectivity index (χ4v) is 8.88. The molecule has 4 heteroatoms. The zero-order chi connectivity index (χ0) is 25.5. The summed E-state index contributed by atoms with van der Waals surface area (Å²) >= 11 is 0. The molecule has 0 aromatic rings. The van der Waals surface area contributed by atoms with E-state index in [1.807, 2.05) is 6.08 Å². The molecule has 3 aliphatic carbocycles. The van der Waals surface area contributed by atoms with Crippen molar-refractivity contribution < 1.29 is 19.8 Å². The van der Waals surface area contributed by atoms with Gasteiger partial charge < -0.3 is 10.2 Å². The Kier molecular flexibility index (Phi) is 7.60. The second-order valence-electron chi connectivity index (χ2n) is 12.4. The first-order chi connectivity index (χ1) is 15.8. The fraction of sp³-hybridized carbons (Fsp3) is 0.733. The predicted octanol–water partition coefficient (Wildman–Crippen LogP) is 7.66.